The van der Waals surface area contributed by atoms with Gasteiger partial charge in [-0.3, -0.25) is 4.90 Å². The van der Waals surface area contributed by atoms with Crippen LogP contribution in [0.2, 0.25) is 0 Å². The van der Waals surface area contributed by atoms with Crippen LogP contribution < -0.4 is 4.74 Å². The summed E-state index contributed by atoms with van der Waals surface area (Å²) >= 11 is 0. The number of aliphatic hydroxyl groups is 1. The SMILES string of the molecule is C=CCC[C@@H](O)CN(CCC)Cc1c(CC)nn(-c2ccccc2)c1Oc1ccccc1F. The van der Waals surface area contributed by atoms with Gasteiger partial charge in [0.1, 0.15) is 0 Å². The van der Waals surface area contributed by atoms with Crippen molar-refractivity contribution in [3.63, 3.8) is 0 Å². The van der Waals surface area contributed by atoms with Crippen molar-refractivity contribution < 1.29 is 14.2 Å². The van der Waals surface area contributed by atoms with E-state index in [0.29, 0.717) is 31.8 Å². The average molecular weight is 452 g/mol. The Balaban J connectivity index is 2.01. The topological polar surface area (TPSA) is 50.5 Å². The molecule has 0 saturated carbocycles. The second-order valence-corrected chi connectivity index (χ2v) is 8.12. The predicted octanol–water partition coefficient (Wildman–Crippen LogP) is 5.91. The fraction of sp³-hybridized carbons (Fsp3) is 0.370. The smallest absolute Gasteiger partial charge is 0.227 e. The van der Waals surface area contributed by atoms with Gasteiger partial charge in [0.2, 0.25) is 5.88 Å². The predicted molar refractivity (Wildman–Crippen MR) is 130 cm³/mol. The van der Waals surface area contributed by atoms with Gasteiger partial charge in [-0.1, -0.05) is 50.3 Å². The largest absolute Gasteiger partial charge is 0.435 e. The molecule has 0 saturated heterocycles. The van der Waals surface area contributed by atoms with Crippen molar-refractivity contribution in [2.24, 2.45) is 0 Å². The molecule has 0 aliphatic rings. The fourth-order valence-corrected chi connectivity index (χ4v) is 3.88. The number of rotatable bonds is 13. The zero-order valence-corrected chi connectivity index (χ0v) is 19.6. The van der Waals surface area contributed by atoms with Gasteiger partial charge in [0.25, 0.3) is 0 Å². The van der Waals surface area contributed by atoms with Crippen molar-refractivity contribution in [1.29, 1.82) is 0 Å². The molecule has 0 bridgehead atoms. The summed E-state index contributed by atoms with van der Waals surface area (Å²) in [5, 5.41) is 15.3. The summed E-state index contributed by atoms with van der Waals surface area (Å²) in [7, 11) is 0. The molecule has 0 amide bonds. The molecule has 1 atom stereocenters. The second-order valence-electron chi connectivity index (χ2n) is 8.12. The number of aromatic nitrogens is 2. The summed E-state index contributed by atoms with van der Waals surface area (Å²) in [5.41, 5.74) is 2.65. The number of hydrogen-bond donors (Lipinski definition) is 1. The molecule has 1 heterocycles. The highest BCUT2D eigenvalue weighted by Gasteiger charge is 2.24. The van der Waals surface area contributed by atoms with E-state index in [0.717, 1.165) is 36.3 Å². The molecule has 2 aromatic carbocycles. The van der Waals surface area contributed by atoms with Gasteiger partial charge in [-0.15, -0.1) is 6.58 Å². The quantitative estimate of drug-likeness (QED) is 0.329. The Hall–Kier alpha value is -2.96. The molecule has 33 heavy (non-hydrogen) atoms. The molecule has 0 fully saturated rings. The number of nitrogens with zero attached hydrogens (tertiary/aromatic N) is 3. The first kappa shape index (κ1) is 24.7. The summed E-state index contributed by atoms with van der Waals surface area (Å²) in [6.07, 6.45) is 4.49. The zero-order chi connectivity index (χ0) is 23.6. The number of ether oxygens (including phenoxy) is 1. The fourth-order valence-electron chi connectivity index (χ4n) is 3.88. The highest BCUT2D eigenvalue weighted by atomic mass is 19.1. The number of aryl methyl sites for hydroxylation is 1. The summed E-state index contributed by atoms with van der Waals surface area (Å²) in [4.78, 5) is 2.22. The number of aliphatic hydroxyl groups excluding tert-OH is 1. The van der Waals surface area contributed by atoms with Crippen molar-refractivity contribution in [2.45, 2.75) is 52.2 Å². The van der Waals surface area contributed by atoms with E-state index < -0.39 is 11.9 Å². The van der Waals surface area contributed by atoms with Gasteiger partial charge in [0.15, 0.2) is 11.6 Å². The lowest BCUT2D eigenvalue weighted by Gasteiger charge is -2.25. The minimum absolute atomic E-state index is 0.159. The molecule has 5 nitrogen and oxygen atoms in total. The lowest BCUT2D eigenvalue weighted by molar-refractivity contribution is 0.102. The number of para-hydroxylation sites is 2. The molecule has 0 aliphatic heterocycles. The minimum atomic E-state index is -0.445. The van der Waals surface area contributed by atoms with Crippen molar-refractivity contribution in [2.75, 3.05) is 13.1 Å². The maximum Gasteiger partial charge on any atom is 0.227 e. The van der Waals surface area contributed by atoms with Crippen LogP contribution in [0.5, 0.6) is 11.6 Å². The van der Waals surface area contributed by atoms with Gasteiger partial charge < -0.3 is 9.84 Å². The van der Waals surface area contributed by atoms with Crippen molar-refractivity contribution >= 4 is 0 Å². The van der Waals surface area contributed by atoms with E-state index in [4.69, 9.17) is 9.84 Å². The molecule has 0 radical (unpaired) electrons. The molecule has 0 aliphatic carbocycles. The van der Waals surface area contributed by atoms with Gasteiger partial charge in [-0.05, 0) is 56.5 Å². The monoisotopic (exact) mass is 451 g/mol. The first-order chi connectivity index (χ1) is 16.1. The third kappa shape index (κ3) is 6.53. The Morgan fingerprint density at radius 3 is 2.55 bits per heavy atom. The van der Waals surface area contributed by atoms with Crippen molar-refractivity contribution in [3.8, 4) is 17.3 Å². The van der Waals surface area contributed by atoms with Gasteiger partial charge in [-0.25, -0.2) is 9.07 Å². The van der Waals surface area contributed by atoms with E-state index in [9.17, 15) is 9.50 Å². The number of allylic oxidation sites excluding steroid dienone is 1. The highest BCUT2D eigenvalue weighted by molar-refractivity contribution is 5.44. The van der Waals surface area contributed by atoms with Crippen LogP contribution >= 0.6 is 0 Å². The molecule has 0 spiro atoms. The normalized spacial score (nSPS) is 12.2. The summed E-state index contributed by atoms with van der Waals surface area (Å²) < 4.78 is 22.4. The van der Waals surface area contributed by atoms with Crippen LogP contribution in [0.1, 0.15) is 44.4 Å². The van der Waals surface area contributed by atoms with Crippen molar-refractivity contribution in [1.82, 2.24) is 14.7 Å². The zero-order valence-electron chi connectivity index (χ0n) is 19.6. The van der Waals surface area contributed by atoms with Gasteiger partial charge >= 0.3 is 0 Å². The van der Waals surface area contributed by atoms with Crippen LogP contribution in [-0.4, -0.2) is 39.0 Å². The molecule has 176 valence electrons. The molecule has 1 N–H and O–H groups in total. The second kappa shape index (κ2) is 12.3. The van der Waals surface area contributed by atoms with Crippen molar-refractivity contribution in [3.05, 3.63) is 84.3 Å². The van der Waals surface area contributed by atoms with E-state index in [1.807, 2.05) is 36.4 Å². The van der Waals surface area contributed by atoms with Crippen LogP contribution in [0.25, 0.3) is 5.69 Å². The Morgan fingerprint density at radius 2 is 1.88 bits per heavy atom. The van der Waals surface area contributed by atoms with Gasteiger partial charge in [-0.2, -0.15) is 5.10 Å². The number of hydrogen-bond acceptors (Lipinski definition) is 4. The van der Waals surface area contributed by atoms with E-state index in [-0.39, 0.29) is 5.75 Å². The summed E-state index contributed by atoms with van der Waals surface area (Å²) in [6, 6.07) is 16.1. The van der Waals surface area contributed by atoms with Gasteiger partial charge in [0.05, 0.1) is 23.0 Å². The third-order valence-corrected chi connectivity index (χ3v) is 5.49. The third-order valence-electron chi connectivity index (χ3n) is 5.49. The Labute approximate surface area is 196 Å². The van der Waals surface area contributed by atoms with E-state index in [1.54, 1.807) is 22.9 Å². The summed E-state index contributed by atoms with van der Waals surface area (Å²) in [5.74, 6) is 0.240. The van der Waals surface area contributed by atoms with Crippen LogP contribution in [0.3, 0.4) is 0 Å². The molecule has 3 aromatic rings. The maximum absolute atomic E-state index is 14.5. The first-order valence-corrected chi connectivity index (χ1v) is 11.7. The Bertz CT molecular complexity index is 1020. The standard InChI is InChI=1S/C27H34FN3O2/c1-4-7-15-22(32)19-30(18-5-2)20-23-25(6-3)29-31(21-13-9-8-10-14-21)27(23)33-26-17-12-11-16-24(26)28/h4,8-14,16-17,22,32H,1,5-7,15,18-20H2,2-3H3/t22-/m1/s1. The number of benzene rings is 2. The molecule has 0 unspecified atom stereocenters. The minimum Gasteiger partial charge on any atom is -0.435 e. The van der Waals surface area contributed by atoms with Crippen LogP contribution in [0, 0.1) is 5.82 Å². The van der Waals surface area contributed by atoms with E-state index in [1.165, 1.54) is 6.07 Å². The maximum atomic E-state index is 14.5. The Morgan fingerprint density at radius 1 is 1.15 bits per heavy atom. The molecule has 6 heteroatoms. The molecule has 1 aromatic heterocycles. The lowest BCUT2D eigenvalue weighted by Crippen LogP contribution is -2.33. The molecular weight excluding hydrogens is 417 g/mol. The average Bonchev–Trinajstić information content (AvgIpc) is 3.17. The van der Waals surface area contributed by atoms with E-state index in [2.05, 4.69) is 25.3 Å². The lowest BCUT2D eigenvalue weighted by atomic mass is 10.1. The van der Waals surface area contributed by atoms with E-state index >= 15 is 0 Å². The summed E-state index contributed by atoms with van der Waals surface area (Å²) in [6.45, 7) is 9.84. The van der Waals surface area contributed by atoms with Crippen LogP contribution in [0.15, 0.2) is 67.3 Å². The Kier molecular flexibility index (Phi) is 9.22. The first-order valence-electron chi connectivity index (χ1n) is 11.7. The van der Waals surface area contributed by atoms with Crippen LogP contribution in [0.4, 0.5) is 4.39 Å². The number of halogens is 1. The molecular formula is C27H34FN3O2. The van der Waals surface area contributed by atoms with Gasteiger partial charge in [0, 0.05) is 13.1 Å². The highest BCUT2D eigenvalue weighted by Crippen LogP contribution is 2.33. The van der Waals surface area contributed by atoms with Crippen LogP contribution in [-0.2, 0) is 13.0 Å². The molecule has 3 rings (SSSR count).